The highest BCUT2D eigenvalue weighted by Crippen LogP contribution is 2.24. The van der Waals surface area contributed by atoms with E-state index >= 15 is 0 Å². The number of nitrogens with zero attached hydrogens (tertiary/aromatic N) is 5. The number of benzene rings is 1. The molecule has 0 radical (unpaired) electrons. The lowest BCUT2D eigenvalue weighted by atomic mass is 10.1. The van der Waals surface area contributed by atoms with E-state index in [1.54, 1.807) is 6.92 Å². The maximum atomic E-state index is 11.6. The average molecular weight is 352 g/mol. The Hall–Kier alpha value is -2.70. The molecule has 0 spiro atoms. The third kappa shape index (κ3) is 3.61. The number of carbonyl (C=O) groups is 1. The lowest BCUT2D eigenvalue weighted by Gasteiger charge is -2.20. The van der Waals surface area contributed by atoms with Crippen LogP contribution in [0, 0.1) is 0 Å². The Balaban J connectivity index is 1.65. The first-order valence-electron chi connectivity index (χ1n) is 9.33. The van der Waals surface area contributed by atoms with Crippen molar-refractivity contribution in [3.63, 3.8) is 0 Å². The predicted molar refractivity (Wildman–Crippen MR) is 102 cm³/mol. The van der Waals surface area contributed by atoms with E-state index in [1.165, 1.54) is 25.7 Å². The SMILES string of the molecule is CC(=O)c1cccc(Nc2nc(N3CCCC3)nc(N3CCCC3)n2)c1. The van der Waals surface area contributed by atoms with E-state index < -0.39 is 0 Å². The van der Waals surface area contributed by atoms with Gasteiger partial charge in [0.15, 0.2) is 5.78 Å². The number of ketones is 1. The number of aromatic nitrogens is 3. The van der Waals surface area contributed by atoms with Crippen molar-refractivity contribution in [2.24, 2.45) is 0 Å². The Kier molecular flexibility index (Phi) is 4.69. The van der Waals surface area contributed by atoms with E-state index in [9.17, 15) is 4.79 Å². The Morgan fingerprint density at radius 3 is 2.04 bits per heavy atom. The molecule has 2 saturated heterocycles. The molecule has 2 aromatic rings. The fraction of sp³-hybridized carbons (Fsp3) is 0.474. The zero-order valence-electron chi connectivity index (χ0n) is 15.1. The molecule has 4 rings (SSSR count). The Labute approximate surface area is 153 Å². The van der Waals surface area contributed by atoms with Gasteiger partial charge in [-0.2, -0.15) is 15.0 Å². The maximum absolute atomic E-state index is 11.6. The molecule has 1 aromatic heterocycles. The smallest absolute Gasteiger partial charge is 0.233 e. The van der Waals surface area contributed by atoms with Gasteiger partial charge >= 0.3 is 0 Å². The van der Waals surface area contributed by atoms with E-state index in [0.29, 0.717) is 11.5 Å². The summed E-state index contributed by atoms with van der Waals surface area (Å²) in [5.41, 5.74) is 1.48. The van der Waals surface area contributed by atoms with Gasteiger partial charge in [-0.1, -0.05) is 12.1 Å². The second-order valence-electron chi connectivity index (χ2n) is 6.91. The fourth-order valence-electron chi connectivity index (χ4n) is 3.47. The number of hydrogen-bond donors (Lipinski definition) is 1. The minimum Gasteiger partial charge on any atom is -0.341 e. The minimum atomic E-state index is 0.0415. The second-order valence-corrected chi connectivity index (χ2v) is 6.91. The first-order chi connectivity index (χ1) is 12.7. The molecule has 26 heavy (non-hydrogen) atoms. The molecule has 2 aliphatic rings. The van der Waals surface area contributed by atoms with Crippen molar-refractivity contribution in [2.75, 3.05) is 41.3 Å². The van der Waals surface area contributed by atoms with Crippen LogP contribution in [0.25, 0.3) is 0 Å². The number of Topliss-reactive ketones (excluding diaryl/α,β-unsaturated/α-hetero) is 1. The molecule has 0 aliphatic carbocycles. The predicted octanol–water partition coefficient (Wildman–Crippen LogP) is 3.02. The monoisotopic (exact) mass is 352 g/mol. The zero-order valence-corrected chi connectivity index (χ0v) is 15.1. The van der Waals surface area contributed by atoms with Crippen LogP contribution in [0.15, 0.2) is 24.3 Å². The summed E-state index contributed by atoms with van der Waals surface area (Å²) in [6.07, 6.45) is 4.70. The number of hydrogen-bond acceptors (Lipinski definition) is 7. The van der Waals surface area contributed by atoms with Gasteiger partial charge in [0.25, 0.3) is 0 Å². The molecule has 2 aliphatic heterocycles. The van der Waals surface area contributed by atoms with Crippen LogP contribution in [-0.4, -0.2) is 46.9 Å². The highest BCUT2D eigenvalue weighted by atomic mass is 16.1. The lowest BCUT2D eigenvalue weighted by molar-refractivity contribution is 0.101. The molecule has 0 saturated carbocycles. The van der Waals surface area contributed by atoms with E-state index in [2.05, 4.69) is 25.1 Å². The van der Waals surface area contributed by atoms with Gasteiger partial charge < -0.3 is 15.1 Å². The maximum Gasteiger partial charge on any atom is 0.233 e. The normalized spacial score (nSPS) is 17.0. The Bertz CT molecular complexity index is 762. The van der Waals surface area contributed by atoms with Gasteiger partial charge in [0.2, 0.25) is 17.8 Å². The summed E-state index contributed by atoms with van der Waals surface area (Å²) >= 11 is 0. The average Bonchev–Trinajstić information content (AvgIpc) is 3.35. The van der Waals surface area contributed by atoms with Crippen molar-refractivity contribution in [3.05, 3.63) is 29.8 Å². The van der Waals surface area contributed by atoms with Crippen LogP contribution in [0.1, 0.15) is 43.0 Å². The molecule has 2 fully saturated rings. The molecule has 7 heteroatoms. The van der Waals surface area contributed by atoms with E-state index in [0.717, 1.165) is 43.8 Å². The van der Waals surface area contributed by atoms with Crippen LogP contribution in [0.5, 0.6) is 0 Å². The van der Waals surface area contributed by atoms with Crippen LogP contribution in [0.4, 0.5) is 23.5 Å². The number of carbonyl (C=O) groups excluding carboxylic acids is 1. The summed E-state index contributed by atoms with van der Waals surface area (Å²) in [4.78, 5) is 30.1. The van der Waals surface area contributed by atoms with Crippen molar-refractivity contribution in [1.29, 1.82) is 0 Å². The minimum absolute atomic E-state index is 0.0415. The van der Waals surface area contributed by atoms with Crippen molar-refractivity contribution in [1.82, 2.24) is 15.0 Å². The van der Waals surface area contributed by atoms with Crippen LogP contribution in [-0.2, 0) is 0 Å². The standard InChI is InChI=1S/C19H24N6O/c1-14(26)15-7-6-8-16(13-15)20-17-21-18(24-9-2-3-10-24)23-19(22-17)25-11-4-5-12-25/h6-8,13H,2-5,9-12H2,1H3,(H,20,21,22,23). The molecule has 1 N–H and O–H groups in total. The lowest BCUT2D eigenvalue weighted by Crippen LogP contribution is -2.25. The largest absolute Gasteiger partial charge is 0.341 e. The molecular formula is C19H24N6O. The number of rotatable bonds is 5. The Morgan fingerprint density at radius 2 is 1.50 bits per heavy atom. The molecule has 0 bridgehead atoms. The number of nitrogens with one attached hydrogen (secondary N) is 1. The second kappa shape index (κ2) is 7.27. The molecule has 1 aromatic carbocycles. The Morgan fingerprint density at radius 1 is 0.923 bits per heavy atom. The number of anilines is 4. The van der Waals surface area contributed by atoms with E-state index in [1.807, 2.05) is 24.3 Å². The van der Waals surface area contributed by atoms with Crippen LogP contribution in [0.3, 0.4) is 0 Å². The van der Waals surface area contributed by atoms with Gasteiger partial charge in [-0.15, -0.1) is 0 Å². The molecule has 0 amide bonds. The summed E-state index contributed by atoms with van der Waals surface area (Å²) in [6, 6.07) is 7.42. The van der Waals surface area contributed by atoms with Gasteiger partial charge in [-0.05, 0) is 44.7 Å². The van der Waals surface area contributed by atoms with Crippen molar-refractivity contribution in [2.45, 2.75) is 32.6 Å². The van der Waals surface area contributed by atoms with Gasteiger partial charge in [-0.3, -0.25) is 4.79 Å². The van der Waals surface area contributed by atoms with Gasteiger partial charge in [0.05, 0.1) is 0 Å². The van der Waals surface area contributed by atoms with Crippen LogP contribution >= 0.6 is 0 Å². The summed E-state index contributed by atoms with van der Waals surface area (Å²) in [5, 5.41) is 3.26. The zero-order chi connectivity index (χ0) is 17.9. The molecule has 0 atom stereocenters. The fourth-order valence-corrected chi connectivity index (χ4v) is 3.47. The first kappa shape index (κ1) is 16.8. The van der Waals surface area contributed by atoms with E-state index in [-0.39, 0.29) is 5.78 Å². The third-order valence-corrected chi connectivity index (χ3v) is 4.91. The topological polar surface area (TPSA) is 74.2 Å². The molecule has 7 nitrogen and oxygen atoms in total. The van der Waals surface area contributed by atoms with Crippen LogP contribution in [0.2, 0.25) is 0 Å². The van der Waals surface area contributed by atoms with Crippen molar-refractivity contribution < 1.29 is 4.79 Å². The summed E-state index contributed by atoms with van der Waals surface area (Å²) in [5.74, 6) is 2.05. The molecular weight excluding hydrogens is 328 g/mol. The summed E-state index contributed by atoms with van der Waals surface area (Å²) in [7, 11) is 0. The van der Waals surface area contributed by atoms with Crippen LogP contribution < -0.4 is 15.1 Å². The molecule has 0 unspecified atom stereocenters. The highest BCUT2D eigenvalue weighted by Gasteiger charge is 2.21. The highest BCUT2D eigenvalue weighted by molar-refractivity contribution is 5.95. The molecule has 136 valence electrons. The van der Waals surface area contributed by atoms with Gasteiger partial charge in [-0.25, -0.2) is 0 Å². The van der Waals surface area contributed by atoms with Crippen molar-refractivity contribution in [3.8, 4) is 0 Å². The third-order valence-electron chi connectivity index (χ3n) is 4.91. The first-order valence-corrected chi connectivity index (χ1v) is 9.33. The van der Waals surface area contributed by atoms with Gasteiger partial charge in [0.1, 0.15) is 0 Å². The molecule has 3 heterocycles. The van der Waals surface area contributed by atoms with Crippen molar-refractivity contribution >= 4 is 29.3 Å². The quantitative estimate of drug-likeness (QED) is 0.829. The van der Waals surface area contributed by atoms with Gasteiger partial charge in [0, 0.05) is 37.4 Å². The summed E-state index contributed by atoms with van der Waals surface area (Å²) in [6.45, 7) is 5.52. The van der Waals surface area contributed by atoms with E-state index in [4.69, 9.17) is 4.98 Å². The summed E-state index contributed by atoms with van der Waals surface area (Å²) < 4.78 is 0.